The molecule has 14 heavy (non-hydrogen) atoms. The van der Waals surface area contributed by atoms with E-state index in [-0.39, 0.29) is 5.91 Å². The molecular formula is C11H18INO. The van der Waals surface area contributed by atoms with Crippen LogP contribution in [0, 0.1) is 0 Å². The van der Waals surface area contributed by atoms with Crippen molar-refractivity contribution in [2.75, 3.05) is 11.0 Å². The van der Waals surface area contributed by atoms with Crippen LogP contribution in [0.25, 0.3) is 0 Å². The molecule has 1 heterocycles. The third-order valence-corrected chi connectivity index (χ3v) is 3.19. The van der Waals surface area contributed by atoms with E-state index in [0.29, 0.717) is 0 Å². The van der Waals surface area contributed by atoms with Crippen LogP contribution in [-0.2, 0) is 4.79 Å². The Morgan fingerprint density at radius 3 is 2.93 bits per heavy atom. The summed E-state index contributed by atoms with van der Waals surface area (Å²) in [7, 11) is 0. The Morgan fingerprint density at radius 1 is 1.36 bits per heavy atom. The van der Waals surface area contributed by atoms with E-state index in [9.17, 15) is 4.79 Å². The van der Waals surface area contributed by atoms with Gasteiger partial charge in [0.05, 0.1) is 0 Å². The smallest absolute Gasteiger partial charge is 0.246 e. The Kier molecular flexibility index (Phi) is 6.23. The third kappa shape index (κ3) is 4.44. The van der Waals surface area contributed by atoms with Crippen molar-refractivity contribution < 1.29 is 4.79 Å². The molecule has 0 aliphatic carbocycles. The van der Waals surface area contributed by atoms with E-state index in [1.54, 1.807) is 0 Å². The van der Waals surface area contributed by atoms with E-state index < -0.39 is 0 Å². The lowest BCUT2D eigenvalue weighted by Crippen LogP contribution is -2.30. The van der Waals surface area contributed by atoms with E-state index in [4.69, 9.17) is 0 Å². The Labute approximate surface area is 99.7 Å². The van der Waals surface area contributed by atoms with Gasteiger partial charge in [0.1, 0.15) is 0 Å². The van der Waals surface area contributed by atoms with Crippen LogP contribution in [0.3, 0.4) is 0 Å². The van der Waals surface area contributed by atoms with Crippen molar-refractivity contribution >= 4 is 28.5 Å². The number of hydrogen-bond donors (Lipinski definition) is 1. The van der Waals surface area contributed by atoms with Gasteiger partial charge in [0, 0.05) is 12.1 Å². The van der Waals surface area contributed by atoms with Crippen LogP contribution >= 0.6 is 22.6 Å². The molecule has 0 atom stereocenters. The first-order valence-electron chi connectivity index (χ1n) is 5.38. The number of carbonyl (C=O) groups is 1. The number of carbonyl (C=O) groups excluding carboxylic acids is 1. The maximum absolute atomic E-state index is 11.3. The van der Waals surface area contributed by atoms with Crippen molar-refractivity contribution in [1.29, 1.82) is 0 Å². The van der Waals surface area contributed by atoms with Gasteiger partial charge < -0.3 is 5.32 Å². The summed E-state index contributed by atoms with van der Waals surface area (Å²) < 4.78 is 1.24. The van der Waals surface area contributed by atoms with Gasteiger partial charge in [0.2, 0.25) is 5.91 Å². The summed E-state index contributed by atoms with van der Waals surface area (Å²) in [6.45, 7) is 0.852. The molecule has 0 saturated carbocycles. The van der Waals surface area contributed by atoms with Gasteiger partial charge >= 0.3 is 0 Å². The van der Waals surface area contributed by atoms with E-state index >= 15 is 0 Å². The first kappa shape index (κ1) is 12.0. The summed E-state index contributed by atoms with van der Waals surface area (Å²) >= 11 is 2.41. The highest BCUT2D eigenvalue weighted by Gasteiger charge is 2.12. The van der Waals surface area contributed by atoms with Gasteiger partial charge in [-0.1, -0.05) is 35.1 Å². The molecule has 1 aliphatic heterocycles. The largest absolute Gasteiger partial charge is 0.352 e. The Morgan fingerprint density at radius 2 is 2.21 bits per heavy atom. The lowest BCUT2D eigenvalue weighted by Gasteiger charge is -2.14. The van der Waals surface area contributed by atoms with E-state index in [2.05, 4.69) is 34.0 Å². The number of hydrogen-bond acceptors (Lipinski definition) is 1. The maximum Gasteiger partial charge on any atom is 0.246 e. The number of nitrogens with one attached hydrogen (secondary N) is 1. The van der Waals surface area contributed by atoms with Gasteiger partial charge in [-0.25, -0.2) is 0 Å². The predicted octanol–water partition coefficient (Wildman–Crippen LogP) is 2.82. The molecule has 0 unspecified atom stereocenters. The van der Waals surface area contributed by atoms with Crippen molar-refractivity contribution in [3.8, 4) is 0 Å². The molecule has 0 radical (unpaired) electrons. The lowest BCUT2D eigenvalue weighted by atomic mass is 10.0. The second-order valence-corrected chi connectivity index (χ2v) is 4.71. The molecular weight excluding hydrogens is 289 g/mol. The van der Waals surface area contributed by atoms with Crippen LogP contribution in [-0.4, -0.2) is 16.9 Å². The summed E-state index contributed by atoms with van der Waals surface area (Å²) in [5, 5.41) is 2.88. The maximum atomic E-state index is 11.3. The zero-order valence-corrected chi connectivity index (χ0v) is 10.7. The molecule has 0 aromatic carbocycles. The minimum absolute atomic E-state index is 0.158. The quantitative estimate of drug-likeness (QED) is 0.360. The van der Waals surface area contributed by atoms with Crippen LogP contribution in [0.4, 0.5) is 0 Å². The predicted molar refractivity (Wildman–Crippen MR) is 67.7 cm³/mol. The fourth-order valence-corrected chi connectivity index (χ4v) is 2.13. The van der Waals surface area contributed by atoms with Crippen molar-refractivity contribution in [3.05, 3.63) is 11.6 Å². The van der Waals surface area contributed by atoms with Crippen LogP contribution in [0.2, 0.25) is 0 Å². The summed E-state index contributed by atoms with van der Waals surface area (Å²) in [5.74, 6) is 0.158. The standard InChI is InChI=1S/C11H18INO/c12-8-4-2-1-3-6-10-7-5-9-13-11(10)14/h6H,1-5,7-9H2,(H,13,14). The van der Waals surface area contributed by atoms with Gasteiger partial charge in [0.25, 0.3) is 0 Å². The normalized spacial score (nSPS) is 19.8. The van der Waals surface area contributed by atoms with Gasteiger partial charge in [-0.15, -0.1) is 0 Å². The number of alkyl halides is 1. The molecule has 1 aliphatic rings. The number of unbranched alkanes of at least 4 members (excludes halogenated alkanes) is 3. The molecule has 2 nitrogen and oxygen atoms in total. The fraction of sp³-hybridized carbons (Fsp3) is 0.727. The minimum Gasteiger partial charge on any atom is -0.352 e. The lowest BCUT2D eigenvalue weighted by molar-refractivity contribution is -0.118. The first-order chi connectivity index (χ1) is 6.84. The van der Waals surface area contributed by atoms with Crippen LogP contribution in [0.1, 0.15) is 38.5 Å². The van der Waals surface area contributed by atoms with Gasteiger partial charge in [-0.2, -0.15) is 0 Å². The van der Waals surface area contributed by atoms with Gasteiger partial charge in [-0.05, 0) is 36.5 Å². The SMILES string of the molecule is O=C1NCCCC1=CCCCCCI. The molecule has 1 amide bonds. The molecule has 3 heteroatoms. The highest BCUT2D eigenvalue weighted by molar-refractivity contribution is 14.1. The topological polar surface area (TPSA) is 29.1 Å². The molecule has 0 bridgehead atoms. The molecule has 0 aromatic heterocycles. The van der Waals surface area contributed by atoms with Crippen molar-refractivity contribution in [3.63, 3.8) is 0 Å². The van der Waals surface area contributed by atoms with E-state index in [1.165, 1.54) is 23.7 Å². The zero-order valence-electron chi connectivity index (χ0n) is 8.52. The molecule has 1 fully saturated rings. The van der Waals surface area contributed by atoms with Crippen LogP contribution in [0.5, 0.6) is 0 Å². The molecule has 1 saturated heterocycles. The first-order valence-corrected chi connectivity index (χ1v) is 6.90. The Bertz CT molecular complexity index is 213. The second kappa shape index (κ2) is 7.26. The summed E-state index contributed by atoms with van der Waals surface area (Å²) in [6.07, 6.45) is 9.08. The zero-order chi connectivity index (χ0) is 10.2. The highest BCUT2D eigenvalue weighted by atomic mass is 127. The Balaban J connectivity index is 2.18. The van der Waals surface area contributed by atoms with E-state index in [0.717, 1.165) is 31.4 Å². The van der Waals surface area contributed by atoms with Gasteiger partial charge in [0.15, 0.2) is 0 Å². The number of allylic oxidation sites excluding steroid dienone is 1. The number of halogens is 1. The van der Waals surface area contributed by atoms with Crippen molar-refractivity contribution in [1.82, 2.24) is 5.32 Å². The summed E-state index contributed by atoms with van der Waals surface area (Å²) in [5.41, 5.74) is 1.01. The monoisotopic (exact) mass is 307 g/mol. The summed E-state index contributed by atoms with van der Waals surface area (Å²) in [4.78, 5) is 11.3. The fourth-order valence-electron chi connectivity index (χ4n) is 1.59. The molecule has 0 aromatic rings. The van der Waals surface area contributed by atoms with Crippen molar-refractivity contribution in [2.24, 2.45) is 0 Å². The van der Waals surface area contributed by atoms with Crippen LogP contribution < -0.4 is 5.32 Å². The molecule has 1 N–H and O–H groups in total. The average Bonchev–Trinajstić information content (AvgIpc) is 2.20. The van der Waals surface area contributed by atoms with E-state index in [1.807, 2.05) is 0 Å². The second-order valence-electron chi connectivity index (χ2n) is 3.63. The van der Waals surface area contributed by atoms with Gasteiger partial charge in [-0.3, -0.25) is 4.79 Å². The molecule has 80 valence electrons. The molecule has 1 rings (SSSR count). The number of amides is 1. The third-order valence-electron chi connectivity index (χ3n) is 2.43. The number of piperidine rings is 1. The van der Waals surface area contributed by atoms with Crippen molar-refractivity contribution in [2.45, 2.75) is 38.5 Å². The minimum atomic E-state index is 0.158. The Hall–Kier alpha value is -0.0600. The highest BCUT2D eigenvalue weighted by Crippen LogP contribution is 2.12. The average molecular weight is 307 g/mol. The summed E-state index contributed by atoms with van der Waals surface area (Å²) in [6, 6.07) is 0. The molecule has 0 spiro atoms. The van der Waals surface area contributed by atoms with Crippen LogP contribution in [0.15, 0.2) is 11.6 Å². The number of rotatable bonds is 5.